The summed E-state index contributed by atoms with van der Waals surface area (Å²) in [6.07, 6.45) is 1.68. The number of amides is 1. The summed E-state index contributed by atoms with van der Waals surface area (Å²) >= 11 is 1.34. The molecule has 2 aromatic heterocycles. The molecule has 0 bridgehead atoms. The van der Waals surface area contributed by atoms with E-state index < -0.39 is 0 Å². The average Bonchev–Trinajstić information content (AvgIpc) is 3.07. The number of carbonyl (C=O) groups excluding carboxylic acids is 1. The van der Waals surface area contributed by atoms with E-state index in [2.05, 4.69) is 31.0 Å². The van der Waals surface area contributed by atoms with Crippen LogP contribution in [-0.2, 0) is 4.79 Å². The summed E-state index contributed by atoms with van der Waals surface area (Å²) in [5.41, 5.74) is 7.31. The quantitative estimate of drug-likeness (QED) is 0.378. The fourth-order valence-corrected chi connectivity index (χ4v) is 3.10. The summed E-state index contributed by atoms with van der Waals surface area (Å²) in [4.78, 5) is 19.7. The van der Waals surface area contributed by atoms with Crippen LogP contribution in [0.15, 0.2) is 59.9 Å². The fraction of sp³-hybridized carbons (Fsp3) is 0.0588. The average molecular weight is 350 g/mol. The Morgan fingerprint density at radius 1 is 1.12 bits per heavy atom. The topological polar surface area (TPSA) is 95.6 Å². The van der Waals surface area contributed by atoms with Crippen LogP contribution in [0.25, 0.3) is 21.8 Å². The van der Waals surface area contributed by atoms with Crippen molar-refractivity contribution >= 4 is 45.3 Å². The number of anilines is 1. The number of imidazole rings is 1. The van der Waals surface area contributed by atoms with Gasteiger partial charge < -0.3 is 4.98 Å². The van der Waals surface area contributed by atoms with Crippen molar-refractivity contribution in [3.05, 3.63) is 54.7 Å². The van der Waals surface area contributed by atoms with Gasteiger partial charge in [-0.25, -0.2) is 4.98 Å². The standard InChI is InChI=1S/C17H14N6OS/c24-15(10-25-17-19-13-7-3-4-8-14(13)20-17)21-23-16-12-6-2-1-5-11(12)9-18-22-16/h1-9H,10H2,(H,19,20)(H,21,24)(H,22,23). The lowest BCUT2D eigenvalue weighted by Crippen LogP contribution is -2.31. The zero-order valence-electron chi connectivity index (χ0n) is 13.1. The number of para-hydroxylation sites is 2. The van der Waals surface area contributed by atoms with Gasteiger partial charge in [-0.15, -0.1) is 5.10 Å². The van der Waals surface area contributed by atoms with Gasteiger partial charge in [-0.1, -0.05) is 48.2 Å². The highest BCUT2D eigenvalue weighted by molar-refractivity contribution is 7.99. The summed E-state index contributed by atoms with van der Waals surface area (Å²) in [6, 6.07) is 15.4. The predicted molar refractivity (Wildman–Crippen MR) is 98.1 cm³/mol. The highest BCUT2D eigenvalue weighted by Crippen LogP contribution is 2.20. The van der Waals surface area contributed by atoms with E-state index in [1.54, 1.807) is 6.20 Å². The van der Waals surface area contributed by atoms with Gasteiger partial charge in [0.05, 0.1) is 23.0 Å². The molecule has 2 aromatic carbocycles. The van der Waals surface area contributed by atoms with Crippen LogP contribution in [0.3, 0.4) is 0 Å². The minimum absolute atomic E-state index is 0.180. The molecule has 4 aromatic rings. The highest BCUT2D eigenvalue weighted by Gasteiger charge is 2.08. The van der Waals surface area contributed by atoms with Crippen LogP contribution in [0.5, 0.6) is 0 Å². The van der Waals surface area contributed by atoms with Gasteiger partial charge in [0.2, 0.25) is 5.91 Å². The summed E-state index contributed by atoms with van der Waals surface area (Å²) in [7, 11) is 0. The van der Waals surface area contributed by atoms with Crippen molar-refractivity contribution in [2.75, 3.05) is 11.2 Å². The third kappa shape index (κ3) is 3.38. The van der Waals surface area contributed by atoms with E-state index in [4.69, 9.17) is 0 Å². The first kappa shape index (κ1) is 15.4. The smallest absolute Gasteiger partial charge is 0.248 e. The summed E-state index contributed by atoms with van der Waals surface area (Å²) in [5.74, 6) is 0.561. The third-order valence-electron chi connectivity index (χ3n) is 3.60. The minimum Gasteiger partial charge on any atom is -0.333 e. The Bertz CT molecular complexity index is 1010. The summed E-state index contributed by atoms with van der Waals surface area (Å²) in [6.45, 7) is 0. The van der Waals surface area contributed by atoms with Gasteiger partial charge in [0, 0.05) is 10.8 Å². The number of rotatable bonds is 5. The molecule has 0 unspecified atom stereocenters. The lowest BCUT2D eigenvalue weighted by atomic mass is 10.2. The van der Waals surface area contributed by atoms with Crippen molar-refractivity contribution < 1.29 is 4.79 Å². The number of benzene rings is 2. The van der Waals surface area contributed by atoms with Crippen molar-refractivity contribution in [2.45, 2.75) is 5.16 Å². The van der Waals surface area contributed by atoms with E-state index in [1.807, 2.05) is 48.5 Å². The molecule has 0 atom stereocenters. The molecule has 25 heavy (non-hydrogen) atoms. The Balaban J connectivity index is 1.37. The number of H-pyrrole nitrogens is 1. The lowest BCUT2D eigenvalue weighted by Gasteiger charge is -2.08. The Hall–Kier alpha value is -3.13. The van der Waals surface area contributed by atoms with Crippen LogP contribution in [-0.4, -0.2) is 31.8 Å². The van der Waals surface area contributed by atoms with Gasteiger partial charge in [0.1, 0.15) is 0 Å². The van der Waals surface area contributed by atoms with Gasteiger partial charge in [0.25, 0.3) is 0 Å². The van der Waals surface area contributed by atoms with E-state index in [0.717, 1.165) is 21.8 Å². The van der Waals surface area contributed by atoms with Crippen LogP contribution in [0, 0.1) is 0 Å². The molecule has 0 saturated carbocycles. The number of hydrogen-bond acceptors (Lipinski definition) is 6. The molecule has 3 N–H and O–H groups in total. The van der Waals surface area contributed by atoms with Gasteiger partial charge >= 0.3 is 0 Å². The van der Waals surface area contributed by atoms with Crippen LogP contribution >= 0.6 is 11.8 Å². The number of carbonyl (C=O) groups is 1. The zero-order chi connectivity index (χ0) is 17.1. The van der Waals surface area contributed by atoms with E-state index in [1.165, 1.54) is 11.8 Å². The Morgan fingerprint density at radius 3 is 2.88 bits per heavy atom. The van der Waals surface area contributed by atoms with Crippen molar-refractivity contribution in [1.29, 1.82) is 0 Å². The van der Waals surface area contributed by atoms with Gasteiger partial charge in [0.15, 0.2) is 11.0 Å². The first-order chi connectivity index (χ1) is 12.3. The second-order valence-electron chi connectivity index (χ2n) is 5.30. The van der Waals surface area contributed by atoms with E-state index >= 15 is 0 Å². The Kier molecular flexibility index (Phi) is 4.17. The maximum Gasteiger partial charge on any atom is 0.248 e. The van der Waals surface area contributed by atoms with Crippen LogP contribution in [0.2, 0.25) is 0 Å². The molecule has 1 amide bonds. The number of nitrogens with zero attached hydrogens (tertiary/aromatic N) is 3. The second-order valence-corrected chi connectivity index (χ2v) is 6.27. The predicted octanol–water partition coefficient (Wildman–Crippen LogP) is 2.74. The lowest BCUT2D eigenvalue weighted by molar-refractivity contribution is -0.118. The summed E-state index contributed by atoms with van der Waals surface area (Å²) in [5, 5.41) is 10.5. The highest BCUT2D eigenvalue weighted by atomic mass is 32.2. The number of hydrazine groups is 1. The largest absolute Gasteiger partial charge is 0.333 e. The second kappa shape index (κ2) is 6.78. The molecule has 0 saturated heterocycles. The van der Waals surface area contributed by atoms with E-state index in [9.17, 15) is 4.79 Å². The first-order valence-corrected chi connectivity index (χ1v) is 8.61. The van der Waals surface area contributed by atoms with Gasteiger partial charge in [-0.2, -0.15) is 5.10 Å². The number of fused-ring (bicyclic) bond motifs is 2. The molecule has 8 heteroatoms. The van der Waals surface area contributed by atoms with Crippen LogP contribution in [0.4, 0.5) is 5.82 Å². The fourth-order valence-electron chi connectivity index (χ4n) is 2.42. The molecule has 0 radical (unpaired) electrons. The van der Waals surface area contributed by atoms with Crippen LogP contribution < -0.4 is 10.9 Å². The third-order valence-corrected chi connectivity index (χ3v) is 4.47. The molecular formula is C17H14N6OS. The van der Waals surface area contributed by atoms with Crippen LogP contribution in [0.1, 0.15) is 0 Å². The molecule has 0 aliphatic rings. The zero-order valence-corrected chi connectivity index (χ0v) is 13.9. The maximum absolute atomic E-state index is 12.1. The molecule has 0 fully saturated rings. The minimum atomic E-state index is -0.180. The molecule has 0 aliphatic heterocycles. The van der Waals surface area contributed by atoms with Gasteiger partial charge in [-0.3, -0.25) is 15.6 Å². The molecule has 0 spiro atoms. The van der Waals surface area contributed by atoms with Crippen molar-refractivity contribution in [2.24, 2.45) is 0 Å². The van der Waals surface area contributed by atoms with E-state index in [0.29, 0.717) is 11.0 Å². The molecule has 124 valence electrons. The number of thioether (sulfide) groups is 1. The summed E-state index contributed by atoms with van der Waals surface area (Å²) < 4.78 is 0. The van der Waals surface area contributed by atoms with Gasteiger partial charge in [-0.05, 0) is 12.1 Å². The van der Waals surface area contributed by atoms with E-state index in [-0.39, 0.29) is 11.7 Å². The number of hydrogen-bond donors (Lipinski definition) is 3. The van der Waals surface area contributed by atoms with Crippen molar-refractivity contribution in [3.63, 3.8) is 0 Å². The number of nitrogens with one attached hydrogen (secondary N) is 3. The maximum atomic E-state index is 12.1. The molecule has 4 rings (SSSR count). The van der Waals surface area contributed by atoms with Crippen molar-refractivity contribution in [3.8, 4) is 0 Å². The Morgan fingerprint density at radius 2 is 1.96 bits per heavy atom. The normalized spacial score (nSPS) is 10.9. The molecular weight excluding hydrogens is 336 g/mol. The molecule has 0 aliphatic carbocycles. The number of aromatic amines is 1. The number of aromatic nitrogens is 4. The SMILES string of the molecule is O=C(CSc1nc2ccccc2[nH]1)NNc1nncc2ccccc12. The monoisotopic (exact) mass is 350 g/mol. The molecule has 7 nitrogen and oxygen atoms in total. The molecule has 2 heterocycles. The first-order valence-electron chi connectivity index (χ1n) is 7.62. The Labute approximate surface area is 147 Å². The van der Waals surface area contributed by atoms with Crippen molar-refractivity contribution in [1.82, 2.24) is 25.6 Å².